The summed E-state index contributed by atoms with van der Waals surface area (Å²) >= 11 is 0. The summed E-state index contributed by atoms with van der Waals surface area (Å²) in [5.74, 6) is 0.450. The van der Waals surface area contributed by atoms with E-state index in [9.17, 15) is 9.18 Å². The molecule has 1 aliphatic heterocycles. The van der Waals surface area contributed by atoms with Gasteiger partial charge in [0.25, 0.3) is 0 Å². The van der Waals surface area contributed by atoms with Crippen LogP contribution in [0, 0.1) is 5.82 Å². The lowest BCUT2D eigenvalue weighted by Crippen LogP contribution is -2.13. The third-order valence-electron chi connectivity index (χ3n) is 2.87. The molecule has 1 N–H and O–H groups in total. The van der Waals surface area contributed by atoms with Gasteiger partial charge < -0.3 is 9.84 Å². The van der Waals surface area contributed by atoms with Crippen LogP contribution in [0.15, 0.2) is 28.8 Å². The van der Waals surface area contributed by atoms with Crippen LogP contribution >= 0.6 is 0 Å². The van der Waals surface area contributed by atoms with E-state index in [0.29, 0.717) is 30.2 Å². The Morgan fingerprint density at radius 1 is 1.33 bits per heavy atom. The first-order valence-electron chi connectivity index (χ1n) is 5.58. The molecular weight excluding hydrogens is 237 g/mol. The van der Waals surface area contributed by atoms with Crippen LogP contribution in [-0.4, -0.2) is 22.6 Å². The van der Waals surface area contributed by atoms with Gasteiger partial charge in [0.2, 0.25) is 17.6 Å². The molecule has 0 bridgehead atoms. The predicted octanol–water partition coefficient (Wildman–Crippen LogP) is 1.48. The smallest absolute Gasteiger partial charge is 0.232 e. The summed E-state index contributed by atoms with van der Waals surface area (Å²) in [6.07, 6.45) is 0.366. The van der Waals surface area contributed by atoms with E-state index < -0.39 is 0 Å². The molecule has 0 saturated carbocycles. The Balaban J connectivity index is 1.85. The Labute approximate surface area is 102 Å². The SMILES string of the molecule is O=C1C[C@H](c2nc(-c3ccc(F)cc3)no2)CN1. The number of hydrogen-bond donors (Lipinski definition) is 1. The molecule has 5 nitrogen and oxygen atoms in total. The van der Waals surface area contributed by atoms with Crippen molar-refractivity contribution in [1.82, 2.24) is 15.5 Å². The first kappa shape index (κ1) is 10.9. The minimum absolute atomic E-state index is 0.0125. The van der Waals surface area contributed by atoms with Crippen molar-refractivity contribution in [3.8, 4) is 11.4 Å². The summed E-state index contributed by atoms with van der Waals surface area (Å²) in [7, 11) is 0. The number of rotatable bonds is 2. The van der Waals surface area contributed by atoms with E-state index in [1.54, 1.807) is 12.1 Å². The molecule has 0 unspecified atom stereocenters. The third-order valence-corrected chi connectivity index (χ3v) is 2.87. The Morgan fingerprint density at radius 3 is 2.78 bits per heavy atom. The molecule has 1 saturated heterocycles. The molecule has 2 aromatic rings. The first-order valence-corrected chi connectivity index (χ1v) is 5.58. The Morgan fingerprint density at radius 2 is 2.11 bits per heavy atom. The molecule has 3 rings (SSSR count). The lowest BCUT2D eigenvalue weighted by atomic mass is 10.1. The Kier molecular flexibility index (Phi) is 2.55. The van der Waals surface area contributed by atoms with Crippen molar-refractivity contribution in [2.24, 2.45) is 0 Å². The zero-order chi connectivity index (χ0) is 12.5. The van der Waals surface area contributed by atoms with Gasteiger partial charge in [-0.25, -0.2) is 4.39 Å². The summed E-state index contributed by atoms with van der Waals surface area (Å²) in [6, 6.07) is 5.85. The van der Waals surface area contributed by atoms with Gasteiger partial charge in [0.1, 0.15) is 5.82 Å². The van der Waals surface area contributed by atoms with Crippen LogP contribution in [0.5, 0.6) is 0 Å². The number of nitrogens with one attached hydrogen (secondary N) is 1. The van der Waals surface area contributed by atoms with E-state index in [0.717, 1.165) is 0 Å². The van der Waals surface area contributed by atoms with Crippen molar-refractivity contribution in [3.63, 3.8) is 0 Å². The maximum Gasteiger partial charge on any atom is 0.232 e. The number of carbonyl (C=O) groups excluding carboxylic acids is 1. The molecule has 1 atom stereocenters. The number of halogens is 1. The van der Waals surface area contributed by atoms with Crippen LogP contribution in [0.1, 0.15) is 18.2 Å². The van der Waals surface area contributed by atoms with Gasteiger partial charge in [0, 0.05) is 18.5 Å². The highest BCUT2D eigenvalue weighted by molar-refractivity contribution is 5.79. The molecule has 1 aromatic carbocycles. The lowest BCUT2D eigenvalue weighted by Gasteiger charge is -1.97. The molecule has 92 valence electrons. The topological polar surface area (TPSA) is 68.0 Å². The number of hydrogen-bond acceptors (Lipinski definition) is 4. The van der Waals surface area contributed by atoms with Crippen molar-refractivity contribution < 1.29 is 13.7 Å². The van der Waals surface area contributed by atoms with E-state index >= 15 is 0 Å². The van der Waals surface area contributed by atoms with Crippen molar-refractivity contribution in [3.05, 3.63) is 36.0 Å². The van der Waals surface area contributed by atoms with Gasteiger partial charge >= 0.3 is 0 Å². The zero-order valence-corrected chi connectivity index (χ0v) is 9.39. The Hall–Kier alpha value is -2.24. The number of carbonyl (C=O) groups is 1. The monoisotopic (exact) mass is 247 g/mol. The van der Waals surface area contributed by atoms with Crippen LogP contribution in [0.2, 0.25) is 0 Å². The van der Waals surface area contributed by atoms with Gasteiger partial charge in [0.05, 0.1) is 5.92 Å². The first-order chi connectivity index (χ1) is 8.72. The van der Waals surface area contributed by atoms with Gasteiger partial charge in [-0.2, -0.15) is 4.98 Å². The molecule has 0 radical (unpaired) electrons. The molecule has 1 amide bonds. The number of nitrogens with zero attached hydrogens (tertiary/aromatic N) is 2. The summed E-state index contributed by atoms with van der Waals surface area (Å²) in [5.41, 5.74) is 0.684. The summed E-state index contributed by atoms with van der Waals surface area (Å²) in [4.78, 5) is 15.3. The minimum Gasteiger partial charge on any atom is -0.355 e. The maximum absolute atomic E-state index is 12.8. The van der Waals surface area contributed by atoms with E-state index in [1.807, 2.05) is 0 Å². The maximum atomic E-state index is 12.8. The highest BCUT2D eigenvalue weighted by Crippen LogP contribution is 2.24. The van der Waals surface area contributed by atoms with Crippen LogP contribution in [-0.2, 0) is 4.79 Å². The summed E-state index contributed by atoms with van der Waals surface area (Å²) < 4.78 is 17.9. The minimum atomic E-state index is -0.312. The van der Waals surface area contributed by atoms with Gasteiger partial charge in [0.15, 0.2) is 0 Å². The molecule has 18 heavy (non-hydrogen) atoms. The predicted molar refractivity (Wildman–Crippen MR) is 60.1 cm³/mol. The highest BCUT2D eigenvalue weighted by Gasteiger charge is 2.28. The van der Waals surface area contributed by atoms with Gasteiger partial charge in [-0.15, -0.1) is 0 Å². The number of benzene rings is 1. The van der Waals surface area contributed by atoms with Gasteiger partial charge in [-0.05, 0) is 24.3 Å². The fraction of sp³-hybridized carbons (Fsp3) is 0.250. The second-order valence-corrected chi connectivity index (χ2v) is 4.17. The molecular formula is C12H10FN3O2. The zero-order valence-electron chi connectivity index (χ0n) is 9.39. The largest absolute Gasteiger partial charge is 0.355 e. The molecule has 6 heteroatoms. The van der Waals surface area contributed by atoms with Crippen LogP contribution in [0.3, 0.4) is 0 Å². The summed E-state index contributed by atoms with van der Waals surface area (Å²) in [6.45, 7) is 0.518. The van der Waals surface area contributed by atoms with Crippen molar-refractivity contribution in [2.45, 2.75) is 12.3 Å². The molecule has 1 aliphatic rings. The number of aromatic nitrogens is 2. The molecule has 0 aliphatic carbocycles. The van der Waals surface area contributed by atoms with E-state index in [-0.39, 0.29) is 17.6 Å². The molecule has 2 heterocycles. The standard InChI is InChI=1S/C12H10FN3O2/c13-9-3-1-7(2-4-9)11-15-12(18-16-11)8-5-10(17)14-6-8/h1-4,8H,5-6H2,(H,14,17)/t8-/m0/s1. The van der Waals surface area contributed by atoms with Gasteiger partial charge in [-0.3, -0.25) is 4.79 Å². The summed E-state index contributed by atoms with van der Waals surface area (Å²) in [5, 5.41) is 6.55. The Bertz CT molecular complexity index is 579. The third kappa shape index (κ3) is 1.97. The molecule has 0 spiro atoms. The van der Waals surface area contributed by atoms with Crippen molar-refractivity contribution >= 4 is 5.91 Å². The highest BCUT2D eigenvalue weighted by atomic mass is 19.1. The van der Waals surface area contributed by atoms with E-state index in [4.69, 9.17) is 4.52 Å². The average Bonchev–Trinajstić information content (AvgIpc) is 2.98. The van der Waals surface area contributed by atoms with Crippen LogP contribution in [0.4, 0.5) is 4.39 Å². The van der Waals surface area contributed by atoms with Crippen molar-refractivity contribution in [2.75, 3.05) is 6.54 Å². The van der Waals surface area contributed by atoms with Gasteiger partial charge in [-0.1, -0.05) is 5.16 Å². The molecule has 1 aromatic heterocycles. The fourth-order valence-electron chi connectivity index (χ4n) is 1.90. The molecule has 1 fully saturated rings. The van der Waals surface area contributed by atoms with Crippen LogP contribution < -0.4 is 5.32 Å². The fourth-order valence-corrected chi connectivity index (χ4v) is 1.90. The van der Waals surface area contributed by atoms with Crippen LogP contribution in [0.25, 0.3) is 11.4 Å². The van der Waals surface area contributed by atoms with Crippen molar-refractivity contribution in [1.29, 1.82) is 0 Å². The second kappa shape index (κ2) is 4.21. The second-order valence-electron chi connectivity index (χ2n) is 4.17. The lowest BCUT2D eigenvalue weighted by molar-refractivity contribution is -0.119. The van der Waals surface area contributed by atoms with E-state index in [2.05, 4.69) is 15.5 Å². The van der Waals surface area contributed by atoms with E-state index in [1.165, 1.54) is 12.1 Å². The normalized spacial score (nSPS) is 18.9. The number of amides is 1. The quantitative estimate of drug-likeness (QED) is 0.872. The average molecular weight is 247 g/mol.